The third-order valence-corrected chi connectivity index (χ3v) is 6.21. The third kappa shape index (κ3) is 5.59. The van der Waals surface area contributed by atoms with Gasteiger partial charge in [0.15, 0.2) is 11.0 Å². The fourth-order valence-electron chi connectivity index (χ4n) is 3.54. The van der Waals surface area contributed by atoms with E-state index in [4.69, 9.17) is 0 Å². The third-order valence-electron chi connectivity index (χ3n) is 5.19. The maximum Gasteiger partial charge on any atom is 0.251 e. The summed E-state index contributed by atoms with van der Waals surface area (Å²) in [5.74, 6) is 1.02. The first kappa shape index (κ1) is 21.4. The van der Waals surface area contributed by atoms with Gasteiger partial charge in [0.1, 0.15) is 0 Å². The number of aromatic nitrogens is 3. The molecule has 0 saturated heterocycles. The van der Waals surface area contributed by atoms with E-state index >= 15 is 0 Å². The summed E-state index contributed by atoms with van der Waals surface area (Å²) in [6.45, 7) is 4.07. The maximum absolute atomic E-state index is 12.6. The van der Waals surface area contributed by atoms with E-state index in [1.54, 1.807) is 12.1 Å². The van der Waals surface area contributed by atoms with Crippen molar-refractivity contribution in [3.05, 3.63) is 41.7 Å². The molecule has 1 saturated carbocycles. The lowest BCUT2D eigenvalue weighted by Gasteiger charge is -2.21. The minimum Gasteiger partial charge on any atom is -0.353 e. The summed E-state index contributed by atoms with van der Waals surface area (Å²) in [7, 11) is 1.87. The number of amides is 2. The van der Waals surface area contributed by atoms with Gasteiger partial charge in [-0.25, -0.2) is 0 Å². The van der Waals surface area contributed by atoms with Gasteiger partial charge in [0, 0.05) is 18.7 Å². The van der Waals surface area contributed by atoms with Gasteiger partial charge < -0.3 is 15.2 Å². The van der Waals surface area contributed by atoms with Crippen LogP contribution in [-0.4, -0.2) is 38.4 Å². The van der Waals surface area contributed by atoms with Gasteiger partial charge in [-0.2, -0.15) is 0 Å². The largest absolute Gasteiger partial charge is 0.353 e. The fourth-order valence-corrected chi connectivity index (χ4v) is 4.26. The van der Waals surface area contributed by atoms with Gasteiger partial charge in [0.2, 0.25) is 5.91 Å². The van der Waals surface area contributed by atoms with E-state index in [-0.39, 0.29) is 23.8 Å². The van der Waals surface area contributed by atoms with Crippen LogP contribution in [0.4, 0.5) is 0 Å². The van der Waals surface area contributed by atoms with E-state index in [1.807, 2.05) is 43.7 Å². The highest BCUT2D eigenvalue weighted by atomic mass is 32.2. The van der Waals surface area contributed by atoms with E-state index in [9.17, 15) is 9.59 Å². The Kier molecular flexibility index (Phi) is 7.30. The lowest BCUT2D eigenvalue weighted by atomic mass is 10.0. The maximum atomic E-state index is 12.6. The van der Waals surface area contributed by atoms with Crippen LogP contribution in [0.25, 0.3) is 0 Å². The summed E-state index contributed by atoms with van der Waals surface area (Å²) in [6, 6.07) is 9.17. The molecule has 156 valence electrons. The molecule has 2 amide bonds. The molecule has 7 nitrogen and oxygen atoms in total. The minimum atomic E-state index is -0.276. The van der Waals surface area contributed by atoms with Gasteiger partial charge in [-0.3, -0.25) is 9.59 Å². The molecule has 1 aromatic heterocycles. The van der Waals surface area contributed by atoms with Crippen LogP contribution in [0.15, 0.2) is 35.5 Å². The lowest BCUT2D eigenvalue weighted by Crippen LogP contribution is -2.34. The summed E-state index contributed by atoms with van der Waals surface area (Å²) in [6.07, 6.45) is 4.52. The highest BCUT2D eigenvalue weighted by Gasteiger charge is 2.25. The molecule has 1 aliphatic rings. The topological polar surface area (TPSA) is 88.9 Å². The van der Waals surface area contributed by atoms with Crippen LogP contribution < -0.4 is 10.6 Å². The average Bonchev–Trinajstić information content (AvgIpc) is 3.34. The number of carbonyl (C=O) groups is 2. The van der Waals surface area contributed by atoms with Crippen molar-refractivity contribution in [2.45, 2.75) is 56.8 Å². The molecule has 0 unspecified atom stereocenters. The molecule has 1 atom stereocenters. The molecular formula is C21H29N5O2S. The molecule has 0 aliphatic heterocycles. The Hall–Kier alpha value is -2.35. The second-order valence-electron chi connectivity index (χ2n) is 7.80. The zero-order valence-corrected chi connectivity index (χ0v) is 18.0. The van der Waals surface area contributed by atoms with Crippen molar-refractivity contribution in [3.8, 4) is 0 Å². The molecule has 1 aromatic carbocycles. The Morgan fingerprint density at radius 3 is 2.52 bits per heavy atom. The van der Waals surface area contributed by atoms with Gasteiger partial charge in [-0.05, 0) is 30.9 Å². The number of nitrogens with one attached hydrogen (secondary N) is 2. The van der Waals surface area contributed by atoms with E-state index in [0.29, 0.717) is 28.3 Å². The first-order valence-electron chi connectivity index (χ1n) is 10.1. The van der Waals surface area contributed by atoms with Crippen LogP contribution in [-0.2, 0) is 11.8 Å². The standard InChI is InChI=1S/C21H29N5O2S/c1-14(2)18(23-20(28)15-9-5-4-6-10-15)19-24-25-21(26(19)3)29-13-17(27)22-16-11-7-8-12-16/h4-6,9-10,14,16,18H,7-8,11-13H2,1-3H3,(H,22,27)(H,23,28)/t18-/m0/s1. The quantitative estimate of drug-likeness (QED) is 0.647. The fraction of sp³-hybridized carbons (Fsp3) is 0.524. The molecule has 3 rings (SSSR count). The highest BCUT2D eigenvalue weighted by Crippen LogP contribution is 2.24. The van der Waals surface area contributed by atoms with Crippen LogP contribution in [0.3, 0.4) is 0 Å². The molecule has 1 fully saturated rings. The molecule has 2 aromatic rings. The molecule has 1 aliphatic carbocycles. The Labute approximate surface area is 176 Å². The number of rotatable bonds is 8. The monoisotopic (exact) mass is 415 g/mol. The number of benzene rings is 1. The summed E-state index contributed by atoms with van der Waals surface area (Å²) in [4.78, 5) is 24.8. The summed E-state index contributed by atoms with van der Waals surface area (Å²) in [5.41, 5.74) is 0.610. The van der Waals surface area contributed by atoms with Crippen LogP contribution in [0.2, 0.25) is 0 Å². The lowest BCUT2D eigenvalue weighted by molar-refractivity contribution is -0.119. The zero-order chi connectivity index (χ0) is 20.8. The van der Waals surface area contributed by atoms with Gasteiger partial charge >= 0.3 is 0 Å². The van der Waals surface area contributed by atoms with E-state index in [2.05, 4.69) is 20.8 Å². The Balaban J connectivity index is 1.63. The highest BCUT2D eigenvalue weighted by molar-refractivity contribution is 7.99. The minimum absolute atomic E-state index is 0.0317. The number of hydrogen-bond acceptors (Lipinski definition) is 5. The predicted molar refractivity (Wildman–Crippen MR) is 114 cm³/mol. The van der Waals surface area contributed by atoms with Gasteiger partial charge in [-0.1, -0.05) is 56.7 Å². The Morgan fingerprint density at radius 1 is 1.17 bits per heavy atom. The first-order valence-corrected chi connectivity index (χ1v) is 11.1. The van der Waals surface area contributed by atoms with Gasteiger partial charge in [0.05, 0.1) is 11.8 Å². The van der Waals surface area contributed by atoms with Crippen molar-refractivity contribution >= 4 is 23.6 Å². The Bertz CT molecular complexity index is 831. The molecule has 0 bridgehead atoms. The smallest absolute Gasteiger partial charge is 0.251 e. The van der Waals surface area contributed by atoms with Crippen molar-refractivity contribution in [2.75, 3.05) is 5.75 Å². The van der Waals surface area contributed by atoms with Crippen molar-refractivity contribution in [3.63, 3.8) is 0 Å². The second-order valence-corrected chi connectivity index (χ2v) is 8.74. The summed E-state index contributed by atoms with van der Waals surface area (Å²) in [5, 5.41) is 15.4. The van der Waals surface area contributed by atoms with Crippen LogP contribution >= 0.6 is 11.8 Å². The number of thioether (sulfide) groups is 1. The van der Waals surface area contributed by atoms with Crippen LogP contribution in [0.1, 0.15) is 61.8 Å². The van der Waals surface area contributed by atoms with Gasteiger partial charge in [-0.15, -0.1) is 10.2 Å². The first-order chi connectivity index (χ1) is 14.0. The number of carbonyl (C=O) groups excluding carboxylic acids is 2. The van der Waals surface area contributed by atoms with Gasteiger partial charge in [0.25, 0.3) is 5.91 Å². The molecule has 0 radical (unpaired) electrons. The molecular weight excluding hydrogens is 386 g/mol. The number of nitrogens with zero attached hydrogens (tertiary/aromatic N) is 3. The van der Waals surface area contributed by atoms with E-state index in [0.717, 1.165) is 12.8 Å². The zero-order valence-electron chi connectivity index (χ0n) is 17.2. The van der Waals surface area contributed by atoms with Crippen molar-refractivity contribution in [2.24, 2.45) is 13.0 Å². The van der Waals surface area contributed by atoms with Crippen LogP contribution in [0.5, 0.6) is 0 Å². The van der Waals surface area contributed by atoms with Crippen LogP contribution in [0, 0.1) is 5.92 Å². The Morgan fingerprint density at radius 2 is 1.86 bits per heavy atom. The normalized spacial score (nSPS) is 15.4. The SMILES string of the molecule is CC(C)[C@H](NC(=O)c1ccccc1)c1nnc(SCC(=O)NC2CCCC2)n1C. The van der Waals surface area contributed by atoms with Crippen molar-refractivity contribution < 1.29 is 9.59 Å². The summed E-state index contributed by atoms with van der Waals surface area (Å²) < 4.78 is 1.86. The molecule has 0 spiro atoms. The van der Waals surface area contributed by atoms with E-state index < -0.39 is 0 Å². The summed E-state index contributed by atoms with van der Waals surface area (Å²) >= 11 is 1.37. The molecule has 1 heterocycles. The molecule has 29 heavy (non-hydrogen) atoms. The second kappa shape index (κ2) is 9.91. The van der Waals surface area contributed by atoms with Crippen molar-refractivity contribution in [1.29, 1.82) is 0 Å². The number of hydrogen-bond donors (Lipinski definition) is 2. The average molecular weight is 416 g/mol. The van der Waals surface area contributed by atoms with E-state index in [1.165, 1.54) is 24.6 Å². The predicted octanol–water partition coefficient (Wildman–Crippen LogP) is 3.09. The molecule has 2 N–H and O–H groups in total. The van der Waals surface area contributed by atoms with Crippen molar-refractivity contribution in [1.82, 2.24) is 25.4 Å². The molecule has 8 heteroatoms.